The van der Waals surface area contributed by atoms with E-state index in [1.807, 2.05) is 19.9 Å². The summed E-state index contributed by atoms with van der Waals surface area (Å²) in [6, 6.07) is 6.38. The lowest BCUT2D eigenvalue weighted by molar-refractivity contribution is -0.131. The SMILES string of the molecule is CCCCNC(=O)C1CN(C(=O)CC(C)C)CC1c1cccc(F)c1. The van der Waals surface area contributed by atoms with Crippen LogP contribution < -0.4 is 5.32 Å². The second-order valence-corrected chi connectivity index (χ2v) is 7.31. The summed E-state index contributed by atoms with van der Waals surface area (Å²) < 4.78 is 13.6. The third kappa shape index (κ3) is 5.28. The lowest BCUT2D eigenvalue weighted by Crippen LogP contribution is -2.36. The molecule has 2 atom stereocenters. The van der Waals surface area contributed by atoms with Crippen LogP contribution in [-0.4, -0.2) is 36.3 Å². The molecular weight excluding hydrogens is 319 g/mol. The van der Waals surface area contributed by atoms with Gasteiger partial charge in [-0.3, -0.25) is 9.59 Å². The Bertz CT molecular complexity index is 603. The Morgan fingerprint density at radius 2 is 2.08 bits per heavy atom. The van der Waals surface area contributed by atoms with Crippen molar-refractivity contribution in [2.24, 2.45) is 11.8 Å². The first-order valence-corrected chi connectivity index (χ1v) is 9.23. The van der Waals surface area contributed by atoms with E-state index in [9.17, 15) is 14.0 Å². The number of benzene rings is 1. The molecule has 138 valence electrons. The highest BCUT2D eigenvalue weighted by atomic mass is 19.1. The van der Waals surface area contributed by atoms with Gasteiger partial charge in [-0.1, -0.05) is 39.3 Å². The zero-order valence-electron chi connectivity index (χ0n) is 15.4. The van der Waals surface area contributed by atoms with Crippen molar-refractivity contribution in [1.82, 2.24) is 10.2 Å². The van der Waals surface area contributed by atoms with Crippen LogP contribution in [0.4, 0.5) is 4.39 Å². The Morgan fingerprint density at radius 3 is 2.72 bits per heavy atom. The molecule has 1 heterocycles. The maximum atomic E-state index is 13.6. The minimum atomic E-state index is -0.324. The number of nitrogens with zero attached hydrogens (tertiary/aromatic N) is 1. The molecule has 1 N–H and O–H groups in total. The second kappa shape index (κ2) is 8.97. The molecule has 5 heteroatoms. The van der Waals surface area contributed by atoms with E-state index in [1.165, 1.54) is 12.1 Å². The van der Waals surface area contributed by atoms with E-state index in [4.69, 9.17) is 0 Å². The molecule has 2 amide bonds. The van der Waals surface area contributed by atoms with Crippen LogP contribution in [0.3, 0.4) is 0 Å². The van der Waals surface area contributed by atoms with Gasteiger partial charge in [0.25, 0.3) is 0 Å². The molecule has 25 heavy (non-hydrogen) atoms. The predicted octanol–water partition coefficient (Wildman–Crippen LogP) is 3.33. The Hall–Kier alpha value is -1.91. The molecule has 1 aromatic rings. The smallest absolute Gasteiger partial charge is 0.225 e. The van der Waals surface area contributed by atoms with Crippen molar-refractivity contribution in [1.29, 1.82) is 0 Å². The number of hydrogen-bond donors (Lipinski definition) is 1. The lowest BCUT2D eigenvalue weighted by Gasteiger charge is -2.18. The number of nitrogens with one attached hydrogen (secondary N) is 1. The van der Waals surface area contributed by atoms with E-state index in [0.29, 0.717) is 26.1 Å². The summed E-state index contributed by atoms with van der Waals surface area (Å²) in [4.78, 5) is 26.8. The van der Waals surface area contributed by atoms with Crippen molar-refractivity contribution in [2.45, 2.75) is 46.0 Å². The van der Waals surface area contributed by atoms with Crippen molar-refractivity contribution in [2.75, 3.05) is 19.6 Å². The number of halogens is 1. The van der Waals surface area contributed by atoms with Gasteiger partial charge in [0.2, 0.25) is 11.8 Å². The third-order valence-corrected chi connectivity index (χ3v) is 4.70. The normalized spacial score (nSPS) is 20.1. The molecule has 0 spiro atoms. The highest BCUT2D eigenvalue weighted by Crippen LogP contribution is 2.34. The van der Waals surface area contributed by atoms with Gasteiger partial charge >= 0.3 is 0 Å². The highest BCUT2D eigenvalue weighted by molar-refractivity contribution is 5.83. The minimum Gasteiger partial charge on any atom is -0.356 e. The van der Waals surface area contributed by atoms with Gasteiger partial charge in [-0.2, -0.15) is 0 Å². The number of likely N-dealkylation sites (tertiary alicyclic amines) is 1. The second-order valence-electron chi connectivity index (χ2n) is 7.31. The van der Waals surface area contributed by atoms with Crippen LogP contribution in [0.1, 0.15) is 51.5 Å². The van der Waals surface area contributed by atoms with E-state index in [1.54, 1.807) is 11.0 Å². The molecular formula is C20H29FN2O2. The summed E-state index contributed by atoms with van der Waals surface area (Å²) in [6.07, 6.45) is 2.41. The molecule has 0 bridgehead atoms. The number of amides is 2. The Balaban J connectivity index is 2.16. The number of carbonyl (C=O) groups excluding carboxylic acids is 2. The van der Waals surface area contributed by atoms with Gasteiger partial charge in [-0.25, -0.2) is 4.39 Å². The van der Waals surface area contributed by atoms with E-state index in [-0.39, 0.29) is 35.4 Å². The van der Waals surface area contributed by atoms with Crippen LogP contribution in [-0.2, 0) is 9.59 Å². The maximum Gasteiger partial charge on any atom is 0.225 e. The predicted molar refractivity (Wildman–Crippen MR) is 96.6 cm³/mol. The molecule has 1 aliphatic rings. The van der Waals surface area contributed by atoms with Crippen LogP contribution in [0.2, 0.25) is 0 Å². The molecule has 2 rings (SSSR count). The van der Waals surface area contributed by atoms with Crippen LogP contribution in [0.25, 0.3) is 0 Å². The van der Waals surface area contributed by atoms with Crippen LogP contribution >= 0.6 is 0 Å². The van der Waals surface area contributed by atoms with Gasteiger partial charge in [-0.05, 0) is 30.0 Å². The van der Waals surface area contributed by atoms with Gasteiger partial charge < -0.3 is 10.2 Å². The Labute approximate surface area is 149 Å². The summed E-state index contributed by atoms with van der Waals surface area (Å²) in [5, 5.41) is 2.97. The van der Waals surface area contributed by atoms with Crippen LogP contribution in [0.5, 0.6) is 0 Å². The van der Waals surface area contributed by atoms with Gasteiger partial charge in [0.1, 0.15) is 5.82 Å². The first-order valence-electron chi connectivity index (χ1n) is 9.23. The summed E-state index contributed by atoms with van der Waals surface area (Å²) in [5.41, 5.74) is 0.787. The van der Waals surface area contributed by atoms with E-state index in [0.717, 1.165) is 18.4 Å². The zero-order chi connectivity index (χ0) is 18.4. The van der Waals surface area contributed by atoms with Crippen molar-refractivity contribution in [3.63, 3.8) is 0 Å². The van der Waals surface area contributed by atoms with E-state index in [2.05, 4.69) is 12.2 Å². The Morgan fingerprint density at radius 1 is 1.32 bits per heavy atom. The number of hydrogen-bond acceptors (Lipinski definition) is 2. The van der Waals surface area contributed by atoms with Gasteiger partial charge in [0, 0.05) is 32.0 Å². The van der Waals surface area contributed by atoms with E-state index >= 15 is 0 Å². The minimum absolute atomic E-state index is 0.0393. The quantitative estimate of drug-likeness (QED) is 0.769. The summed E-state index contributed by atoms with van der Waals surface area (Å²) >= 11 is 0. The average Bonchev–Trinajstić information content (AvgIpc) is 3.00. The molecule has 4 nitrogen and oxygen atoms in total. The summed E-state index contributed by atoms with van der Waals surface area (Å²) in [5.74, 6) is -0.488. The summed E-state index contributed by atoms with van der Waals surface area (Å²) in [6.45, 7) is 7.61. The molecule has 0 saturated carbocycles. The van der Waals surface area contributed by atoms with Crippen LogP contribution in [0, 0.1) is 17.7 Å². The molecule has 1 fully saturated rings. The topological polar surface area (TPSA) is 49.4 Å². The van der Waals surface area contributed by atoms with Crippen molar-refractivity contribution < 1.29 is 14.0 Å². The number of unbranched alkanes of at least 4 members (excludes halogenated alkanes) is 1. The fourth-order valence-corrected chi connectivity index (χ4v) is 3.35. The number of carbonyl (C=O) groups is 2. The van der Waals surface area contributed by atoms with Crippen LogP contribution in [0.15, 0.2) is 24.3 Å². The van der Waals surface area contributed by atoms with Gasteiger partial charge in [-0.15, -0.1) is 0 Å². The monoisotopic (exact) mass is 348 g/mol. The highest BCUT2D eigenvalue weighted by Gasteiger charge is 2.40. The van der Waals surface area contributed by atoms with Crippen molar-refractivity contribution in [3.05, 3.63) is 35.6 Å². The lowest BCUT2D eigenvalue weighted by atomic mass is 9.88. The van der Waals surface area contributed by atoms with E-state index < -0.39 is 0 Å². The molecule has 2 unspecified atom stereocenters. The van der Waals surface area contributed by atoms with Crippen molar-refractivity contribution >= 4 is 11.8 Å². The fraction of sp³-hybridized carbons (Fsp3) is 0.600. The van der Waals surface area contributed by atoms with Gasteiger partial charge in [0.05, 0.1) is 5.92 Å². The molecule has 0 aromatic heterocycles. The standard InChI is InChI=1S/C20H29FN2O2/c1-4-5-9-22-20(25)18-13-23(19(24)10-14(2)3)12-17(18)15-7-6-8-16(21)11-15/h6-8,11,14,17-18H,4-5,9-10,12-13H2,1-3H3,(H,22,25). The third-order valence-electron chi connectivity index (χ3n) is 4.70. The molecule has 0 radical (unpaired) electrons. The van der Waals surface area contributed by atoms with Crippen molar-refractivity contribution in [3.8, 4) is 0 Å². The molecule has 1 aromatic carbocycles. The Kier molecular flexibility index (Phi) is 6.97. The maximum absolute atomic E-state index is 13.6. The van der Waals surface area contributed by atoms with Gasteiger partial charge in [0.15, 0.2) is 0 Å². The number of rotatable bonds is 7. The zero-order valence-corrected chi connectivity index (χ0v) is 15.4. The first-order chi connectivity index (χ1) is 11.9. The molecule has 1 saturated heterocycles. The first kappa shape index (κ1) is 19.4. The molecule has 0 aliphatic carbocycles. The molecule has 1 aliphatic heterocycles. The largest absolute Gasteiger partial charge is 0.356 e. The fourth-order valence-electron chi connectivity index (χ4n) is 3.35. The average molecular weight is 348 g/mol. The summed E-state index contributed by atoms with van der Waals surface area (Å²) in [7, 11) is 0.